The molecule has 3 saturated heterocycles. The normalized spacial score (nSPS) is 32.5. The van der Waals surface area contributed by atoms with Crippen LogP contribution in [0.15, 0.2) is 60.8 Å². The second kappa shape index (κ2) is 10.0. The van der Waals surface area contributed by atoms with Crippen molar-refractivity contribution in [3.8, 4) is 0 Å². The van der Waals surface area contributed by atoms with E-state index in [0.29, 0.717) is 25.9 Å². The van der Waals surface area contributed by atoms with Gasteiger partial charge in [-0.25, -0.2) is 0 Å². The molecule has 8 rings (SSSR count). The number of benzene rings is 2. The molecule has 234 valence electrons. The molecule has 5 heterocycles. The number of nitrogens with one attached hydrogen (secondary N) is 2. The van der Waals surface area contributed by atoms with E-state index in [4.69, 9.17) is 4.74 Å². The van der Waals surface area contributed by atoms with Crippen LogP contribution >= 0.6 is 0 Å². The lowest BCUT2D eigenvalue weighted by atomic mass is 9.79. The molecular weight excluding hydrogens is 570 g/mol. The minimum atomic E-state index is -2.06. The summed E-state index contributed by atoms with van der Waals surface area (Å²) in [5.74, 6) is -4.27. The first kappa shape index (κ1) is 28.5. The quantitative estimate of drug-likeness (QED) is 0.410. The monoisotopic (exact) mass is 609 g/mol. The van der Waals surface area contributed by atoms with E-state index in [1.165, 1.54) is 15.8 Å². The molecule has 2 aromatic carbocycles. The zero-order chi connectivity index (χ0) is 31.2. The van der Waals surface area contributed by atoms with Gasteiger partial charge in [0.2, 0.25) is 17.5 Å². The number of aliphatic hydroxyl groups is 1. The van der Waals surface area contributed by atoms with Gasteiger partial charge in [-0.3, -0.25) is 28.9 Å². The molecular formula is C35H39N5O5. The zero-order valence-corrected chi connectivity index (χ0v) is 25.8. The second-order valence-corrected chi connectivity index (χ2v) is 13.6. The summed E-state index contributed by atoms with van der Waals surface area (Å²) >= 11 is 0. The molecule has 1 unspecified atom stereocenters. The molecule has 1 aliphatic carbocycles. The summed E-state index contributed by atoms with van der Waals surface area (Å²) in [7, 11) is 2.03. The van der Waals surface area contributed by atoms with E-state index < -0.39 is 41.5 Å². The summed E-state index contributed by atoms with van der Waals surface area (Å²) in [4.78, 5) is 51.2. The number of amides is 3. The SMILES string of the molecule is CC(C)[C@@]1(NC(=O)[C@H]2C=C3c4cccc5[nH]cc(c45)C[C@H]3N(C)C2)O[C@@]2(O)C3CCCN3C(=O)[C@H](Cc3ccccc3)N2C1=O. The average Bonchev–Trinajstić information content (AvgIpc) is 3.74. The summed E-state index contributed by atoms with van der Waals surface area (Å²) in [5, 5.41) is 16.5. The van der Waals surface area contributed by atoms with Crippen LogP contribution in [0.4, 0.5) is 0 Å². The predicted molar refractivity (Wildman–Crippen MR) is 167 cm³/mol. The topological polar surface area (TPSA) is 118 Å². The van der Waals surface area contributed by atoms with Crippen LogP contribution in [0.1, 0.15) is 43.4 Å². The van der Waals surface area contributed by atoms with Crippen molar-refractivity contribution in [2.45, 2.75) is 69.3 Å². The van der Waals surface area contributed by atoms with E-state index in [9.17, 15) is 19.5 Å². The molecule has 0 saturated carbocycles. The van der Waals surface area contributed by atoms with Crippen LogP contribution in [0.3, 0.4) is 0 Å². The molecule has 3 fully saturated rings. The van der Waals surface area contributed by atoms with Crippen molar-refractivity contribution in [1.29, 1.82) is 0 Å². The Morgan fingerprint density at radius 3 is 2.73 bits per heavy atom. The standard InChI is InChI=1S/C35H39N5O5/c1-20(2)34(37-31(41)23-16-25-24-11-7-12-26-30(24)22(18-36-26)17-27(25)38(3)19-23)33(43)40-28(15-21-9-5-4-6-10-21)32(42)39-14-8-13-29(39)35(40,44)45-34/h4-7,9-12,16,18,20,23,27-29,36,44H,8,13-15,17,19H2,1-3H3,(H,37,41)/t23-,27+,28-,29?,34+,35-/m0/s1. The smallest absolute Gasteiger partial charge is 0.281 e. The highest BCUT2D eigenvalue weighted by Gasteiger charge is 2.72. The molecule has 6 atom stereocenters. The molecule has 4 aliphatic heterocycles. The van der Waals surface area contributed by atoms with Gasteiger partial charge in [-0.15, -0.1) is 0 Å². The third kappa shape index (κ3) is 4.01. The lowest BCUT2D eigenvalue weighted by molar-refractivity contribution is -0.321. The number of piperazine rings is 1. The molecule has 3 aromatic rings. The van der Waals surface area contributed by atoms with Crippen molar-refractivity contribution >= 4 is 34.2 Å². The number of ether oxygens (including phenoxy) is 1. The number of carbonyl (C=O) groups excluding carboxylic acids is 3. The number of fused-ring (bicyclic) bond motifs is 5. The van der Waals surface area contributed by atoms with E-state index in [2.05, 4.69) is 33.5 Å². The fourth-order valence-electron chi connectivity index (χ4n) is 8.47. The Labute approximate surface area is 262 Å². The molecule has 3 N–H and O–H groups in total. The van der Waals surface area contributed by atoms with Gasteiger partial charge in [0.15, 0.2) is 0 Å². The Kier molecular flexibility index (Phi) is 6.33. The molecule has 10 nitrogen and oxygen atoms in total. The number of aromatic nitrogens is 1. The van der Waals surface area contributed by atoms with Gasteiger partial charge in [0.05, 0.1) is 5.92 Å². The van der Waals surface area contributed by atoms with Gasteiger partial charge >= 0.3 is 0 Å². The lowest BCUT2D eigenvalue weighted by Crippen LogP contribution is -2.71. The third-order valence-corrected chi connectivity index (χ3v) is 10.8. The number of rotatable bonds is 5. The van der Waals surface area contributed by atoms with E-state index in [-0.39, 0.29) is 24.3 Å². The van der Waals surface area contributed by atoms with E-state index >= 15 is 0 Å². The maximum absolute atomic E-state index is 14.6. The average molecular weight is 610 g/mol. The summed E-state index contributed by atoms with van der Waals surface area (Å²) in [6.45, 7) is 4.56. The summed E-state index contributed by atoms with van der Waals surface area (Å²) in [5.41, 5.74) is 3.59. The highest BCUT2D eigenvalue weighted by atomic mass is 16.7. The fraction of sp³-hybridized carbons (Fsp3) is 0.457. The Balaban J connectivity index is 1.15. The number of likely N-dealkylation sites (N-methyl/N-ethyl adjacent to an activating group) is 1. The predicted octanol–water partition coefficient (Wildman–Crippen LogP) is 2.63. The number of H-pyrrole nitrogens is 1. The van der Waals surface area contributed by atoms with Gasteiger partial charge in [0.25, 0.3) is 11.8 Å². The first-order valence-corrected chi connectivity index (χ1v) is 16.1. The lowest BCUT2D eigenvalue weighted by Gasteiger charge is -2.48. The van der Waals surface area contributed by atoms with Gasteiger partial charge in [0, 0.05) is 48.6 Å². The maximum Gasteiger partial charge on any atom is 0.281 e. The van der Waals surface area contributed by atoms with Gasteiger partial charge in [0.1, 0.15) is 12.1 Å². The highest BCUT2D eigenvalue weighted by Crippen LogP contribution is 2.48. The van der Waals surface area contributed by atoms with Crippen LogP contribution < -0.4 is 5.32 Å². The van der Waals surface area contributed by atoms with Gasteiger partial charge in [-0.2, -0.15) is 0 Å². The van der Waals surface area contributed by atoms with E-state index in [0.717, 1.165) is 28.6 Å². The van der Waals surface area contributed by atoms with Crippen LogP contribution in [-0.4, -0.2) is 92.4 Å². The van der Waals surface area contributed by atoms with Crippen LogP contribution in [-0.2, 0) is 32.0 Å². The number of hydrogen-bond acceptors (Lipinski definition) is 6. The van der Waals surface area contributed by atoms with Crippen LogP contribution in [0.2, 0.25) is 0 Å². The number of hydrogen-bond donors (Lipinski definition) is 3. The molecule has 45 heavy (non-hydrogen) atoms. The van der Waals surface area contributed by atoms with Crippen molar-refractivity contribution in [3.05, 3.63) is 77.5 Å². The highest BCUT2D eigenvalue weighted by molar-refractivity contribution is 6.01. The minimum absolute atomic E-state index is 0.138. The summed E-state index contributed by atoms with van der Waals surface area (Å²) in [6, 6.07) is 14.2. The van der Waals surface area contributed by atoms with Crippen molar-refractivity contribution in [3.63, 3.8) is 0 Å². The Bertz CT molecular complexity index is 1750. The zero-order valence-electron chi connectivity index (χ0n) is 25.8. The Hall–Kier alpha value is -3.99. The van der Waals surface area contributed by atoms with Crippen molar-refractivity contribution in [2.24, 2.45) is 11.8 Å². The van der Waals surface area contributed by atoms with E-state index in [1.807, 2.05) is 49.5 Å². The number of carbonyl (C=O) groups is 3. The molecule has 0 bridgehead atoms. The molecule has 3 amide bonds. The van der Waals surface area contributed by atoms with Crippen LogP contribution in [0.25, 0.3) is 16.5 Å². The second-order valence-electron chi connectivity index (χ2n) is 13.6. The van der Waals surface area contributed by atoms with Crippen molar-refractivity contribution in [1.82, 2.24) is 25.0 Å². The first-order valence-electron chi connectivity index (χ1n) is 16.1. The third-order valence-electron chi connectivity index (χ3n) is 10.8. The van der Waals surface area contributed by atoms with Crippen LogP contribution in [0, 0.1) is 11.8 Å². The molecule has 1 aromatic heterocycles. The Morgan fingerprint density at radius 1 is 1.16 bits per heavy atom. The van der Waals surface area contributed by atoms with Gasteiger partial charge < -0.3 is 20.3 Å². The van der Waals surface area contributed by atoms with Gasteiger partial charge in [-0.05, 0) is 54.6 Å². The fourth-order valence-corrected chi connectivity index (χ4v) is 8.47. The van der Waals surface area contributed by atoms with Gasteiger partial charge in [-0.1, -0.05) is 62.4 Å². The van der Waals surface area contributed by atoms with Crippen LogP contribution in [0.5, 0.6) is 0 Å². The molecule has 5 aliphatic rings. The molecule has 0 spiro atoms. The number of nitrogens with zero attached hydrogens (tertiary/aromatic N) is 3. The number of aromatic amines is 1. The largest absolute Gasteiger partial charge is 0.361 e. The molecule has 0 radical (unpaired) electrons. The van der Waals surface area contributed by atoms with Crippen molar-refractivity contribution < 1.29 is 24.2 Å². The van der Waals surface area contributed by atoms with E-state index in [1.54, 1.807) is 18.7 Å². The van der Waals surface area contributed by atoms with Crippen molar-refractivity contribution in [2.75, 3.05) is 20.1 Å². The summed E-state index contributed by atoms with van der Waals surface area (Å²) in [6.07, 6.45) is 6.40. The first-order chi connectivity index (χ1) is 21.6. The maximum atomic E-state index is 14.6. The molecule has 10 heteroatoms. The minimum Gasteiger partial charge on any atom is -0.361 e. The summed E-state index contributed by atoms with van der Waals surface area (Å²) < 4.78 is 6.49. The Morgan fingerprint density at radius 2 is 1.96 bits per heavy atom.